The summed E-state index contributed by atoms with van der Waals surface area (Å²) in [5.74, 6) is 0.285. The summed E-state index contributed by atoms with van der Waals surface area (Å²) in [5.41, 5.74) is 0.00773. The summed E-state index contributed by atoms with van der Waals surface area (Å²) in [6, 6.07) is 12.1. The van der Waals surface area contributed by atoms with Crippen molar-refractivity contribution in [2.45, 2.75) is 25.8 Å². The molecule has 7 nitrogen and oxygen atoms in total. The fraction of sp³-hybridized carbons (Fsp3) is 0.286. The summed E-state index contributed by atoms with van der Waals surface area (Å²) in [7, 11) is 2.89. The van der Waals surface area contributed by atoms with Crippen LogP contribution in [0.15, 0.2) is 52.1 Å². The van der Waals surface area contributed by atoms with Crippen molar-refractivity contribution in [3.63, 3.8) is 0 Å². The number of nitrogens with zero attached hydrogens (tertiary/aromatic N) is 1. The van der Waals surface area contributed by atoms with E-state index in [1.165, 1.54) is 7.11 Å². The molecule has 146 valence electrons. The molecule has 0 aliphatic heterocycles. The smallest absolute Gasteiger partial charge is 0.329 e. The van der Waals surface area contributed by atoms with E-state index in [1.807, 2.05) is 0 Å². The van der Waals surface area contributed by atoms with Gasteiger partial charge in [-0.25, -0.2) is 4.79 Å². The molecule has 0 radical (unpaired) electrons. The zero-order chi connectivity index (χ0) is 20.5. The van der Waals surface area contributed by atoms with Gasteiger partial charge in [0.2, 0.25) is 0 Å². The molecule has 7 heteroatoms. The van der Waals surface area contributed by atoms with E-state index in [9.17, 15) is 14.4 Å². The predicted octanol–water partition coefficient (Wildman–Crippen LogP) is 2.20. The summed E-state index contributed by atoms with van der Waals surface area (Å²) >= 11 is 0. The third-order valence-corrected chi connectivity index (χ3v) is 4.90. The predicted molar refractivity (Wildman–Crippen MR) is 106 cm³/mol. The first-order valence-corrected chi connectivity index (χ1v) is 8.76. The number of carbonyl (C=O) groups excluding carboxylic acids is 1. The maximum Gasteiger partial charge on any atom is 0.329 e. The number of esters is 1. The summed E-state index contributed by atoms with van der Waals surface area (Å²) in [6.45, 7) is 3.57. The lowest BCUT2D eigenvalue weighted by Crippen LogP contribution is -2.36. The number of fused-ring (bicyclic) bond motifs is 1. The molecule has 0 aliphatic carbocycles. The molecule has 0 spiro atoms. The van der Waals surface area contributed by atoms with Crippen LogP contribution in [-0.4, -0.2) is 29.7 Å². The van der Waals surface area contributed by atoms with Crippen LogP contribution in [0.25, 0.3) is 10.9 Å². The van der Waals surface area contributed by atoms with Gasteiger partial charge in [0.15, 0.2) is 0 Å². The fourth-order valence-corrected chi connectivity index (χ4v) is 3.07. The number of methoxy groups -OCH3 is 2. The molecule has 0 saturated carbocycles. The van der Waals surface area contributed by atoms with Gasteiger partial charge < -0.3 is 14.5 Å². The number of rotatable bonds is 5. The summed E-state index contributed by atoms with van der Waals surface area (Å²) in [4.78, 5) is 40.3. The standard InChI is InChI=1S/C21H22N2O5/c1-21(2,19(25)28-4)14-7-10-17-16(11-14)18(24)23(20(26)22-17)12-13-5-8-15(27-3)9-6-13/h5-11H,12H2,1-4H3,(H,22,26). The maximum absolute atomic E-state index is 13.0. The van der Waals surface area contributed by atoms with Crippen LogP contribution in [-0.2, 0) is 21.5 Å². The van der Waals surface area contributed by atoms with E-state index in [1.54, 1.807) is 63.4 Å². The number of nitrogens with one attached hydrogen (secondary N) is 1. The lowest BCUT2D eigenvalue weighted by Gasteiger charge is -2.22. The molecule has 28 heavy (non-hydrogen) atoms. The number of hydrogen-bond acceptors (Lipinski definition) is 5. The van der Waals surface area contributed by atoms with Crippen LogP contribution in [0.5, 0.6) is 5.75 Å². The van der Waals surface area contributed by atoms with Crippen molar-refractivity contribution in [2.24, 2.45) is 0 Å². The minimum atomic E-state index is -0.924. The highest BCUT2D eigenvalue weighted by Crippen LogP contribution is 2.26. The van der Waals surface area contributed by atoms with Crippen molar-refractivity contribution >= 4 is 16.9 Å². The van der Waals surface area contributed by atoms with Crippen LogP contribution in [0.4, 0.5) is 0 Å². The molecule has 1 N–H and O–H groups in total. The first-order chi connectivity index (χ1) is 13.3. The lowest BCUT2D eigenvalue weighted by molar-refractivity contribution is -0.146. The molecule has 1 aromatic heterocycles. The molecule has 2 aromatic carbocycles. The van der Waals surface area contributed by atoms with Gasteiger partial charge in [-0.05, 0) is 49.2 Å². The maximum atomic E-state index is 13.0. The second-order valence-corrected chi connectivity index (χ2v) is 7.05. The van der Waals surface area contributed by atoms with Gasteiger partial charge in [-0.1, -0.05) is 18.2 Å². The van der Waals surface area contributed by atoms with Crippen molar-refractivity contribution in [3.05, 3.63) is 74.4 Å². The molecule has 0 amide bonds. The van der Waals surface area contributed by atoms with Gasteiger partial charge in [0.25, 0.3) is 5.56 Å². The molecule has 0 unspecified atom stereocenters. The number of aromatic nitrogens is 2. The monoisotopic (exact) mass is 382 g/mol. The van der Waals surface area contributed by atoms with Crippen LogP contribution in [0.2, 0.25) is 0 Å². The SMILES string of the molecule is COC(=O)C(C)(C)c1ccc2[nH]c(=O)n(Cc3ccc(OC)cc3)c(=O)c2c1. The molecule has 0 fully saturated rings. The van der Waals surface area contributed by atoms with Gasteiger partial charge in [0.05, 0.1) is 37.1 Å². The van der Waals surface area contributed by atoms with E-state index in [4.69, 9.17) is 9.47 Å². The van der Waals surface area contributed by atoms with E-state index in [0.29, 0.717) is 22.2 Å². The molecule has 1 heterocycles. The Morgan fingerprint density at radius 2 is 1.75 bits per heavy atom. The van der Waals surface area contributed by atoms with E-state index < -0.39 is 22.6 Å². The Bertz CT molecular complexity index is 1140. The first kappa shape index (κ1) is 19.4. The van der Waals surface area contributed by atoms with Crippen molar-refractivity contribution in [3.8, 4) is 5.75 Å². The highest BCUT2D eigenvalue weighted by atomic mass is 16.5. The van der Waals surface area contributed by atoms with Crippen molar-refractivity contribution in [1.82, 2.24) is 9.55 Å². The van der Waals surface area contributed by atoms with Gasteiger partial charge in [0, 0.05) is 0 Å². The Labute approximate surface area is 161 Å². The third-order valence-electron chi connectivity index (χ3n) is 4.90. The summed E-state index contributed by atoms with van der Waals surface area (Å²) in [5, 5.41) is 0.336. The second-order valence-electron chi connectivity index (χ2n) is 7.05. The normalized spacial score (nSPS) is 11.4. The average Bonchev–Trinajstić information content (AvgIpc) is 2.70. The number of ether oxygens (including phenoxy) is 2. The molecule has 3 aromatic rings. The second kappa shape index (κ2) is 7.34. The largest absolute Gasteiger partial charge is 0.497 e. The van der Waals surface area contributed by atoms with Gasteiger partial charge in [0.1, 0.15) is 5.75 Å². The Kier molecular flexibility index (Phi) is 5.09. The van der Waals surface area contributed by atoms with Crippen LogP contribution >= 0.6 is 0 Å². The number of H-pyrrole nitrogens is 1. The summed E-state index contributed by atoms with van der Waals surface area (Å²) < 4.78 is 11.1. The van der Waals surface area contributed by atoms with E-state index >= 15 is 0 Å². The van der Waals surface area contributed by atoms with E-state index in [-0.39, 0.29) is 6.54 Å². The van der Waals surface area contributed by atoms with Crippen molar-refractivity contribution < 1.29 is 14.3 Å². The minimum Gasteiger partial charge on any atom is -0.497 e. The average molecular weight is 382 g/mol. The van der Waals surface area contributed by atoms with Gasteiger partial charge in [-0.2, -0.15) is 0 Å². The van der Waals surface area contributed by atoms with Gasteiger partial charge >= 0.3 is 11.7 Å². The highest BCUT2D eigenvalue weighted by molar-refractivity contribution is 5.85. The molecule has 0 aliphatic rings. The zero-order valence-electron chi connectivity index (χ0n) is 16.2. The Morgan fingerprint density at radius 3 is 2.36 bits per heavy atom. The van der Waals surface area contributed by atoms with Gasteiger partial charge in [-0.3, -0.25) is 14.2 Å². The number of benzene rings is 2. The van der Waals surface area contributed by atoms with E-state index in [2.05, 4.69) is 4.98 Å². The van der Waals surface area contributed by atoms with Crippen LogP contribution in [0, 0.1) is 0 Å². The highest BCUT2D eigenvalue weighted by Gasteiger charge is 2.31. The molecular weight excluding hydrogens is 360 g/mol. The molecule has 0 atom stereocenters. The summed E-state index contributed by atoms with van der Waals surface area (Å²) in [6.07, 6.45) is 0. The molecule has 3 rings (SSSR count). The quantitative estimate of drug-likeness (QED) is 0.683. The Balaban J connectivity index is 2.10. The van der Waals surface area contributed by atoms with Crippen LogP contribution < -0.4 is 16.0 Å². The first-order valence-electron chi connectivity index (χ1n) is 8.76. The molecule has 0 bridgehead atoms. The van der Waals surface area contributed by atoms with Crippen molar-refractivity contribution in [1.29, 1.82) is 0 Å². The minimum absolute atomic E-state index is 0.124. The van der Waals surface area contributed by atoms with Crippen LogP contribution in [0.3, 0.4) is 0 Å². The topological polar surface area (TPSA) is 90.4 Å². The van der Waals surface area contributed by atoms with Gasteiger partial charge in [-0.15, -0.1) is 0 Å². The number of hydrogen-bond donors (Lipinski definition) is 1. The zero-order valence-corrected chi connectivity index (χ0v) is 16.2. The lowest BCUT2D eigenvalue weighted by atomic mass is 9.84. The number of aromatic amines is 1. The fourth-order valence-electron chi connectivity index (χ4n) is 3.07. The van der Waals surface area contributed by atoms with Crippen molar-refractivity contribution in [2.75, 3.05) is 14.2 Å². The molecule has 0 saturated heterocycles. The Hall–Kier alpha value is -3.35. The molecular formula is C21H22N2O5. The third kappa shape index (κ3) is 3.43. The number of carbonyl (C=O) groups is 1. The Morgan fingerprint density at radius 1 is 1.07 bits per heavy atom. The van der Waals surface area contributed by atoms with Crippen LogP contribution in [0.1, 0.15) is 25.0 Å². The van der Waals surface area contributed by atoms with E-state index in [0.717, 1.165) is 10.1 Å².